The number of nitrogens with one attached hydrogen (secondary N) is 2. The van der Waals surface area contributed by atoms with Crippen molar-refractivity contribution in [2.24, 2.45) is 0 Å². The van der Waals surface area contributed by atoms with Crippen LogP contribution in [0.1, 0.15) is 83.3 Å². The van der Waals surface area contributed by atoms with Crippen molar-refractivity contribution in [1.29, 1.82) is 0 Å². The number of rotatable bonds is 10. The van der Waals surface area contributed by atoms with Crippen molar-refractivity contribution in [2.75, 3.05) is 23.7 Å². The highest BCUT2D eigenvalue weighted by molar-refractivity contribution is 7.92. The number of ether oxygens (including phenoxy) is 1. The molecule has 8 nitrogen and oxygen atoms in total. The molecule has 43 heavy (non-hydrogen) atoms. The maximum Gasteiger partial charge on any atom is 0.229 e. The van der Waals surface area contributed by atoms with Gasteiger partial charge in [-0.1, -0.05) is 23.7 Å². The van der Waals surface area contributed by atoms with Crippen molar-refractivity contribution < 1.29 is 13.2 Å². The lowest BCUT2D eigenvalue weighted by Gasteiger charge is -2.35. The molecule has 232 valence electrons. The Labute approximate surface area is 261 Å². The predicted molar refractivity (Wildman–Crippen MR) is 175 cm³/mol. The van der Waals surface area contributed by atoms with Gasteiger partial charge in [-0.25, -0.2) is 13.4 Å². The summed E-state index contributed by atoms with van der Waals surface area (Å²) in [6.45, 7) is 12.0. The van der Waals surface area contributed by atoms with Gasteiger partial charge in [0.05, 0.1) is 33.8 Å². The largest absolute Gasteiger partial charge is 0.489 e. The van der Waals surface area contributed by atoms with Crippen LogP contribution in [0.4, 0.5) is 23.1 Å². The molecule has 3 aromatic rings. The number of hydrogen-bond donors (Lipinski definition) is 2. The zero-order valence-corrected chi connectivity index (χ0v) is 27.4. The molecule has 0 atom stereocenters. The summed E-state index contributed by atoms with van der Waals surface area (Å²) in [4.78, 5) is 11.9. The van der Waals surface area contributed by atoms with Gasteiger partial charge in [0.25, 0.3) is 0 Å². The minimum absolute atomic E-state index is 0.00946. The molecule has 2 aromatic carbocycles. The molecule has 0 amide bonds. The van der Waals surface area contributed by atoms with Gasteiger partial charge in [-0.3, -0.25) is 0 Å². The van der Waals surface area contributed by atoms with Gasteiger partial charge in [0.2, 0.25) is 5.95 Å². The number of hydrogen-bond acceptors (Lipinski definition) is 8. The number of aryl methyl sites for hydroxylation is 1. The lowest BCUT2D eigenvalue weighted by atomic mass is 9.79. The number of anilines is 4. The zero-order chi connectivity index (χ0) is 30.7. The van der Waals surface area contributed by atoms with Crippen LogP contribution < -0.4 is 15.4 Å². The van der Waals surface area contributed by atoms with Gasteiger partial charge in [-0.2, -0.15) is 4.98 Å². The van der Waals surface area contributed by atoms with Gasteiger partial charge < -0.3 is 20.3 Å². The molecule has 2 N–H and O–H groups in total. The molecule has 0 radical (unpaired) electrons. The van der Waals surface area contributed by atoms with Gasteiger partial charge in [0.1, 0.15) is 10.8 Å². The Balaban J connectivity index is 1.38. The summed E-state index contributed by atoms with van der Waals surface area (Å²) in [7, 11) is -3.53. The Kier molecular flexibility index (Phi) is 9.83. The Hall–Kier alpha value is -2.88. The fourth-order valence-electron chi connectivity index (χ4n) is 6.29. The van der Waals surface area contributed by atoms with Gasteiger partial charge >= 0.3 is 0 Å². The lowest BCUT2D eigenvalue weighted by Crippen LogP contribution is -2.35. The van der Waals surface area contributed by atoms with Crippen molar-refractivity contribution in [3.8, 4) is 5.75 Å². The summed E-state index contributed by atoms with van der Waals surface area (Å²) < 4.78 is 32.3. The zero-order valence-electron chi connectivity index (χ0n) is 25.9. The van der Waals surface area contributed by atoms with Crippen molar-refractivity contribution in [2.45, 2.75) is 101 Å². The standard InChI is InChI=1S/C33H44ClN5O3S/c1-21(2)42-30-19-26(24-12-14-25(15-13-24)39-16-8-9-17-39)23(5)18-29(30)37-33-35-20-27(34)32(38-33)36-28-10-6-7-11-31(28)43(40,41)22(3)4/h6-7,10-11,18-22,24-25H,8-9,12-17H2,1-5H3,(H2,35,36,37,38). The Bertz CT molecular complexity index is 1530. The molecular formula is C33H44ClN5O3S. The molecule has 10 heteroatoms. The van der Waals surface area contributed by atoms with Gasteiger partial charge in [-0.15, -0.1) is 0 Å². The molecule has 0 bridgehead atoms. The molecule has 0 spiro atoms. The Morgan fingerprint density at radius 3 is 2.35 bits per heavy atom. The van der Waals surface area contributed by atoms with Crippen LogP contribution in [-0.2, 0) is 9.84 Å². The van der Waals surface area contributed by atoms with E-state index in [0.29, 0.717) is 23.4 Å². The number of halogens is 1. The number of aromatic nitrogens is 2. The molecule has 1 saturated heterocycles. The predicted octanol–water partition coefficient (Wildman–Crippen LogP) is 8.02. The summed E-state index contributed by atoms with van der Waals surface area (Å²) in [5.74, 6) is 1.91. The first kappa shape index (κ1) is 31.5. The molecule has 2 heterocycles. The van der Waals surface area contributed by atoms with E-state index in [0.717, 1.165) is 17.5 Å². The van der Waals surface area contributed by atoms with Crippen molar-refractivity contribution >= 4 is 44.6 Å². The minimum Gasteiger partial charge on any atom is -0.489 e. The second kappa shape index (κ2) is 13.4. The average molecular weight is 626 g/mol. The summed E-state index contributed by atoms with van der Waals surface area (Å²) in [5.41, 5.74) is 3.75. The SMILES string of the molecule is Cc1cc(Nc2ncc(Cl)c(Nc3ccccc3S(=O)(=O)C(C)C)n2)c(OC(C)C)cc1C1CCC(N2CCCC2)CC1. The highest BCUT2D eigenvalue weighted by atomic mass is 35.5. The normalized spacial score (nSPS) is 19.6. The summed E-state index contributed by atoms with van der Waals surface area (Å²) >= 11 is 6.47. The molecule has 5 rings (SSSR count). The van der Waals surface area contributed by atoms with Gasteiger partial charge in [0, 0.05) is 6.04 Å². The van der Waals surface area contributed by atoms with Crippen LogP contribution >= 0.6 is 11.6 Å². The fourth-order valence-corrected chi connectivity index (χ4v) is 7.63. The van der Waals surface area contributed by atoms with E-state index in [1.165, 1.54) is 68.9 Å². The molecule has 1 aromatic heterocycles. The molecule has 2 fully saturated rings. The van der Waals surface area contributed by atoms with Crippen molar-refractivity contribution in [1.82, 2.24) is 14.9 Å². The van der Waals surface area contributed by atoms with Gasteiger partial charge in [-0.05, 0) is 128 Å². The van der Waals surface area contributed by atoms with Crippen LogP contribution in [0, 0.1) is 6.92 Å². The van der Waals surface area contributed by atoms with Crippen LogP contribution in [0.25, 0.3) is 0 Å². The molecular weight excluding hydrogens is 582 g/mol. The van der Waals surface area contributed by atoms with E-state index >= 15 is 0 Å². The summed E-state index contributed by atoms with van der Waals surface area (Å²) in [6.07, 6.45) is 9.06. The maximum atomic E-state index is 13.0. The third-order valence-corrected chi connectivity index (χ3v) is 11.1. The minimum atomic E-state index is -3.53. The first-order chi connectivity index (χ1) is 20.5. The van der Waals surface area contributed by atoms with E-state index in [-0.39, 0.29) is 16.0 Å². The second-order valence-corrected chi connectivity index (χ2v) is 15.2. The number of benzene rings is 2. The number of nitrogens with zero attached hydrogens (tertiary/aromatic N) is 3. The second-order valence-electron chi connectivity index (χ2n) is 12.4. The molecule has 1 aliphatic heterocycles. The lowest BCUT2D eigenvalue weighted by molar-refractivity contribution is 0.181. The topological polar surface area (TPSA) is 96.5 Å². The quantitative estimate of drug-likeness (QED) is 0.234. The smallest absolute Gasteiger partial charge is 0.229 e. The summed E-state index contributed by atoms with van der Waals surface area (Å²) in [5, 5.41) is 6.17. The molecule has 1 saturated carbocycles. The van der Waals surface area contributed by atoms with Gasteiger partial charge in [0.15, 0.2) is 15.7 Å². The number of para-hydroxylation sites is 1. The monoisotopic (exact) mass is 625 g/mol. The first-order valence-corrected chi connectivity index (χ1v) is 17.4. The number of sulfone groups is 1. The Morgan fingerprint density at radius 1 is 0.977 bits per heavy atom. The molecule has 0 unspecified atom stereocenters. The van der Waals surface area contributed by atoms with E-state index in [1.54, 1.807) is 38.1 Å². The van der Waals surface area contributed by atoms with Crippen molar-refractivity contribution in [3.63, 3.8) is 0 Å². The van der Waals surface area contributed by atoms with Crippen LogP contribution in [0.2, 0.25) is 5.02 Å². The van der Waals surface area contributed by atoms with E-state index in [4.69, 9.17) is 16.3 Å². The fraction of sp³-hybridized carbons (Fsp3) is 0.515. The maximum absolute atomic E-state index is 13.0. The third kappa shape index (κ3) is 7.27. The van der Waals surface area contributed by atoms with E-state index in [9.17, 15) is 8.42 Å². The van der Waals surface area contributed by atoms with Crippen molar-refractivity contribution in [3.05, 3.63) is 58.7 Å². The van der Waals surface area contributed by atoms with Crippen LogP contribution in [0.3, 0.4) is 0 Å². The van der Waals surface area contributed by atoms with E-state index in [1.807, 2.05) is 13.8 Å². The van der Waals surface area contributed by atoms with Crippen LogP contribution in [0.15, 0.2) is 47.5 Å². The molecule has 2 aliphatic rings. The van der Waals surface area contributed by atoms with E-state index in [2.05, 4.69) is 44.6 Å². The average Bonchev–Trinajstić information content (AvgIpc) is 3.51. The third-order valence-electron chi connectivity index (χ3n) is 8.58. The summed E-state index contributed by atoms with van der Waals surface area (Å²) in [6, 6.07) is 11.8. The van der Waals surface area contributed by atoms with E-state index < -0.39 is 15.1 Å². The highest BCUT2D eigenvalue weighted by Gasteiger charge is 2.29. The molecule has 1 aliphatic carbocycles. The first-order valence-electron chi connectivity index (χ1n) is 15.5. The van der Waals surface area contributed by atoms with Crippen LogP contribution in [0.5, 0.6) is 5.75 Å². The van der Waals surface area contributed by atoms with Crippen LogP contribution in [-0.4, -0.2) is 53.8 Å². The highest BCUT2D eigenvalue weighted by Crippen LogP contribution is 2.41. The number of likely N-dealkylation sites (tertiary alicyclic amines) is 1. The Morgan fingerprint density at radius 2 is 1.67 bits per heavy atom.